The lowest BCUT2D eigenvalue weighted by Crippen LogP contribution is -2.13. The molecule has 0 unspecified atom stereocenters. The van der Waals surface area contributed by atoms with Gasteiger partial charge in [0.1, 0.15) is 18.1 Å². The molecule has 3 nitrogen and oxygen atoms in total. The van der Waals surface area contributed by atoms with Gasteiger partial charge in [0.2, 0.25) is 0 Å². The summed E-state index contributed by atoms with van der Waals surface area (Å²) in [6.45, 7) is 5.12. The zero-order valence-electron chi connectivity index (χ0n) is 10.3. The topological polar surface area (TPSA) is 34.4 Å². The average Bonchev–Trinajstić information content (AvgIpc) is 2.60. The number of hydrogen-bond donors (Lipinski definition) is 1. The minimum absolute atomic E-state index is 0.174. The van der Waals surface area contributed by atoms with Crippen LogP contribution in [0.15, 0.2) is 10.5 Å². The van der Waals surface area contributed by atoms with Crippen LogP contribution in [0, 0.1) is 6.92 Å². The second kappa shape index (κ2) is 7.40. The van der Waals surface area contributed by atoms with Gasteiger partial charge in [-0.2, -0.15) is 0 Å². The predicted molar refractivity (Wildman–Crippen MR) is 61.1 cm³/mol. The molecular formula is C12H19F2NO2. The number of ether oxygens (including phenoxy) is 1. The minimum Gasteiger partial charge on any atom is -0.465 e. The smallest absolute Gasteiger partial charge is 0.261 e. The fraction of sp³-hybridized carbons (Fsp3) is 0.667. The van der Waals surface area contributed by atoms with Crippen molar-refractivity contribution in [1.82, 2.24) is 5.32 Å². The molecule has 1 heterocycles. The van der Waals surface area contributed by atoms with Crippen LogP contribution in [0.3, 0.4) is 0 Å². The third-order valence-corrected chi connectivity index (χ3v) is 2.30. The van der Waals surface area contributed by atoms with Crippen LogP contribution < -0.4 is 5.32 Å². The number of halogens is 2. The zero-order chi connectivity index (χ0) is 12.7. The summed E-state index contributed by atoms with van der Waals surface area (Å²) in [6, 6.07) is 1.85. The van der Waals surface area contributed by atoms with E-state index >= 15 is 0 Å². The molecular weight excluding hydrogens is 228 g/mol. The number of nitrogens with one attached hydrogen (secondary N) is 1. The molecule has 1 rings (SSSR count). The standard InChI is InChI=1S/C12H19F2NO2/c1-3-4-15-6-11-5-10(9(2)17-11)7-16-8-12(13)14/h5,12,15H,3-4,6-8H2,1-2H3. The van der Waals surface area contributed by atoms with Crippen molar-refractivity contribution in [1.29, 1.82) is 0 Å². The molecule has 0 aliphatic carbocycles. The van der Waals surface area contributed by atoms with E-state index in [0.717, 1.165) is 30.0 Å². The monoisotopic (exact) mass is 247 g/mol. The van der Waals surface area contributed by atoms with Crippen LogP contribution in [0.5, 0.6) is 0 Å². The largest absolute Gasteiger partial charge is 0.465 e. The van der Waals surface area contributed by atoms with Crippen molar-refractivity contribution in [3.63, 3.8) is 0 Å². The lowest BCUT2D eigenvalue weighted by atomic mass is 10.2. The number of alkyl halides is 2. The van der Waals surface area contributed by atoms with Crippen LogP contribution >= 0.6 is 0 Å². The second-order valence-electron chi connectivity index (χ2n) is 3.88. The predicted octanol–water partition coefficient (Wildman–Crippen LogP) is 2.87. The number of aryl methyl sites for hydroxylation is 1. The highest BCUT2D eigenvalue weighted by Gasteiger charge is 2.09. The van der Waals surface area contributed by atoms with E-state index in [0.29, 0.717) is 6.54 Å². The van der Waals surface area contributed by atoms with E-state index in [-0.39, 0.29) is 6.61 Å². The Hall–Kier alpha value is -0.940. The van der Waals surface area contributed by atoms with Crippen molar-refractivity contribution in [2.45, 2.75) is 39.8 Å². The summed E-state index contributed by atoms with van der Waals surface area (Å²) < 4.78 is 34.1. The summed E-state index contributed by atoms with van der Waals surface area (Å²) in [4.78, 5) is 0. The summed E-state index contributed by atoms with van der Waals surface area (Å²) in [6.07, 6.45) is -1.36. The first-order valence-corrected chi connectivity index (χ1v) is 5.78. The van der Waals surface area contributed by atoms with Gasteiger partial charge in [-0.15, -0.1) is 0 Å². The molecule has 0 aromatic carbocycles. The molecule has 0 fully saturated rings. The fourth-order valence-electron chi connectivity index (χ4n) is 1.46. The molecule has 0 saturated carbocycles. The molecule has 0 bridgehead atoms. The molecule has 0 spiro atoms. The van der Waals surface area contributed by atoms with Gasteiger partial charge >= 0.3 is 0 Å². The summed E-state index contributed by atoms with van der Waals surface area (Å²) in [5.41, 5.74) is 0.832. The van der Waals surface area contributed by atoms with Crippen LogP contribution in [0.2, 0.25) is 0 Å². The summed E-state index contributed by atoms with van der Waals surface area (Å²) >= 11 is 0. The quantitative estimate of drug-likeness (QED) is 0.717. The van der Waals surface area contributed by atoms with E-state index in [1.165, 1.54) is 0 Å². The van der Waals surface area contributed by atoms with E-state index in [9.17, 15) is 8.78 Å². The molecule has 5 heteroatoms. The van der Waals surface area contributed by atoms with Crippen LogP contribution in [0.25, 0.3) is 0 Å². The normalized spacial score (nSPS) is 11.4. The molecule has 98 valence electrons. The van der Waals surface area contributed by atoms with Crippen LogP contribution in [-0.4, -0.2) is 19.6 Å². The van der Waals surface area contributed by atoms with Crippen molar-refractivity contribution in [2.24, 2.45) is 0 Å². The maximum absolute atomic E-state index is 11.9. The molecule has 0 aliphatic heterocycles. The zero-order valence-corrected chi connectivity index (χ0v) is 10.3. The van der Waals surface area contributed by atoms with Gasteiger partial charge in [0.25, 0.3) is 6.43 Å². The van der Waals surface area contributed by atoms with Crippen molar-refractivity contribution in [3.05, 3.63) is 23.2 Å². The molecule has 0 aliphatic rings. The molecule has 1 N–H and O–H groups in total. The highest BCUT2D eigenvalue weighted by atomic mass is 19.3. The van der Waals surface area contributed by atoms with Gasteiger partial charge in [-0.3, -0.25) is 0 Å². The first-order valence-electron chi connectivity index (χ1n) is 5.78. The van der Waals surface area contributed by atoms with E-state index < -0.39 is 13.0 Å². The Morgan fingerprint density at radius 3 is 2.88 bits per heavy atom. The summed E-state index contributed by atoms with van der Waals surface area (Å²) in [5, 5.41) is 3.21. The lowest BCUT2D eigenvalue weighted by molar-refractivity contribution is 0.00953. The van der Waals surface area contributed by atoms with Gasteiger partial charge in [0.05, 0.1) is 13.2 Å². The molecule has 0 atom stereocenters. The average molecular weight is 247 g/mol. The number of hydrogen-bond acceptors (Lipinski definition) is 3. The van der Waals surface area contributed by atoms with Crippen molar-refractivity contribution in [2.75, 3.05) is 13.2 Å². The minimum atomic E-state index is -2.42. The Labute approximate surface area is 100 Å². The van der Waals surface area contributed by atoms with Gasteiger partial charge < -0.3 is 14.5 Å². The van der Waals surface area contributed by atoms with Crippen molar-refractivity contribution >= 4 is 0 Å². The molecule has 17 heavy (non-hydrogen) atoms. The van der Waals surface area contributed by atoms with Gasteiger partial charge in [-0.25, -0.2) is 8.78 Å². The maximum atomic E-state index is 11.9. The van der Waals surface area contributed by atoms with E-state index in [2.05, 4.69) is 12.2 Å². The second-order valence-corrected chi connectivity index (χ2v) is 3.88. The fourth-order valence-corrected chi connectivity index (χ4v) is 1.46. The SMILES string of the molecule is CCCNCc1cc(COCC(F)F)c(C)o1. The first-order chi connectivity index (χ1) is 8.13. The Kier molecular flexibility index (Phi) is 6.15. The third-order valence-electron chi connectivity index (χ3n) is 2.30. The Morgan fingerprint density at radius 1 is 1.47 bits per heavy atom. The highest BCUT2D eigenvalue weighted by Crippen LogP contribution is 2.15. The maximum Gasteiger partial charge on any atom is 0.261 e. The van der Waals surface area contributed by atoms with Crippen LogP contribution in [-0.2, 0) is 17.9 Å². The lowest BCUT2D eigenvalue weighted by Gasteiger charge is -2.01. The first kappa shape index (κ1) is 14.1. The van der Waals surface area contributed by atoms with Gasteiger partial charge in [-0.05, 0) is 26.0 Å². The van der Waals surface area contributed by atoms with E-state index in [4.69, 9.17) is 9.15 Å². The molecule has 0 radical (unpaired) electrons. The van der Waals surface area contributed by atoms with Crippen LogP contribution in [0.1, 0.15) is 30.4 Å². The van der Waals surface area contributed by atoms with Crippen LogP contribution in [0.4, 0.5) is 8.78 Å². The summed E-state index contributed by atoms with van der Waals surface area (Å²) in [7, 11) is 0. The third kappa shape index (κ3) is 5.28. The molecule has 1 aromatic rings. The van der Waals surface area contributed by atoms with E-state index in [1.807, 2.05) is 13.0 Å². The number of rotatable bonds is 8. The molecule has 1 aromatic heterocycles. The Balaban J connectivity index is 2.39. The molecule has 0 amide bonds. The van der Waals surface area contributed by atoms with Gasteiger partial charge in [0, 0.05) is 5.56 Å². The van der Waals surface area contributed by atoms with Crippen molar-refractivity contribution in [3.8, 4) is 0 Å². The number of furan rings is 1. The van der Waals surface area contributed by atoms with Gasteiger partial charge in [0.15, 0.2) is 0 Å². The van der Waals surface area contributed by atoms with Crippen molar-refractivity contribution < 1.29 is 17.9 Å². The van der Waals surface area contributed by atoms with Gasteiger partial charge in [-0.1, -0.05) is 6.92 Å². The highest BCUT2D eigenvalue weighted by molar-refractivity contribution is 5.19. The summed E-state index contributed by atoms with van der Waals surface area (Å²) in [5.74, 6) is 1.54. The van der Waals surface area contributed by atoms with E-state index in [1.54, 1.807) is 0 Å². The Morgan fingerprint density at radius 2 is 2.24 bits per heavy atom. The Bertz CT molecular complexity index is 326. The molecule has 0 saturated heterocycles.